The normalized spacial score (nSPS) is 11.5. The van der Waals surface area contributed by atoms with Crippen molar-refractivity contribution < 1.29 is 22.7 Å². The number of hydrogen-bond donors (Lipinski definition) is 2. The average molecular weight is 389 g/mol. The molecule has 28 heavy (non-hydrogen) atoms. The molecule has 0 aliphatic rings. The molecule has 0 bridgehead atoms. The molecule has 0 saturated carbocycles. The first kappa shape index (κ1) is 20.8. The van der Waals surface area contributed by atoms with Crippen molar-refractivity contribution in [2.45, 2.75) is 12.6 Å². The predicted octanol–water partition coefficient (Wildman–Crippen LogP) is 3.89. The van der Waals surface area contributed by atoms with Crippen LogP contribution in [0.5, 0.6) is 5.75 Å². The Bertz CT molecular complexity index is 885. The van der Waals surface area contributed by atoms with Gasteiger partial charge in [-0.3, -0.25) is 4.79 Å². The minimum Gasteiger partial charge on any atom is -0.497 e. The van der Waals surface area contributed by atoms with Gasteiger partial charge >= 0.3 is 6.18 Å². The van der Waals surface area contributed by atoms with Gasteiger partial charge in [-0.2, -0.15) is 18.4 Å². The number of benzene rings is 2. The highest BCUT2D eigenvalue weighted by Gasteiger charge is 2.30. The monoisotopic (exact) mass is 389 g/mol. The SMILES string of the molecule is COc1ccc(CCN/C=C(/C#N)C(=O)Nc2cccc(C(F)(F)F)c2)cc1. The third-order valence-corrected chi connectivity index (χ3v) is 3.78. The van der Waals surface area contributed by atoms with Gasteiger partial charge in [-0.05, 0) is 42.3 Å². The van der Waals surface area contributed by atoms with Crippen molar-refractivity contribution >= 4 is 11.6 Å². The number of ether oxygens (including phenoxy) is 1. The van der Waals surface area contributed by atoms with Gasteiger partial charge in [0, 0.05) is 18.4 Å². The maximum Gasteiger partial charge on any atom is 0.416 e. The van der Waals surface area contributed by atoms with Crippen molar-refractivity contribution in [3.63, 3.8) is 0 Å². The fraction of sp³-hybridized carbons (Fsp3) is 0.200. The van der Waals surface area contributed by atoms with Crippen LogP contribution in [-0.2, 0) is 17.4 Å². The zero-order chi connectivity index (χ0) is 20.6. The number of alkyl halides is 3. The highest BCUT2D eigenvalue weighted by atomic mass is 19.4. The maximum absolute atomic E-state index is 12.7. The van der Waals surface area contributed by atoms with Gasteiger partial charge in [0.2, 0.25) is 0 Å². The Labute approximate surface area is 160 Å². The van der Waals surface area contributed by atoms with Crippen LogP contribution in [0.15, 0.2) is 60.3 Å². The fourth-order valence-electron chi connectivity index (χ4n) is 2.30. The number of nitriles is 1. The van der Waals surface area contributed by atoms with Gasteiger partial charge in [0.05, 0.1) is 12.7 Å². The van der Waals surface area contributed by atoms with Crippen molar-refractivity contribution in [2.75, 3.05) is 19.0 Å². The molecule has 0 aliphatic carbocycles. The van der Waals surface area contributed by atoms with Crippen LogP contribution in [0.4, 0.5) is 18.9 Å². The molecule has 2 aromatic carbocycles. The molecule has 2 aromatic rings. The van der Waals surface area contributed by atoms with Crippen LogP contribution in [0.25, 0.3) is 0 Å². The Kier molecular flexibility index (Phi) is 7.04. The molecular formula is C20H18F3N3O2. The van der Waals surface area contributed by atoms with Crippen molar-refractivity contribution in [1.82, 2.24) is 5.32 Å². The van der Waals surface area contributed by atoms with E-state index >= 15 is 0 Å². The minimum atomic E-state index is -4.52. The number of amides is 1. The molecule has 0 aromatic heterocycles. The van der Waals surface area contributed by atoms with E-state index in [0.29, 0.717) is 13.0 Å². The van der Waals surface area contributed by atoms with Crippen molar-refractivity contribution in [2.24, 2.45) is 0 Å². The highest BCUT2D eigenvalue weighted by Crippen LogP contribution is 2.30. The number of methoxy groups -OCH3 is 1. The van der Waals surface area contributed by atoms with Gasteiger partial charge in [0.1, 0.15) is 17.4 Å². The topological polar surface area (TPSA) is 74.1 Å². The second-order valence-corrected chi connectivity index (χ2v) is 5.75. The lowest BCUT2D eigenvalue weighted by atomic mass is 10.1. The molecule has 8 heteroatoms. The van der Waals surface area contributed by atoms with Crippen LogP contribution in [-0.4, -0.2) is 19.6 Å². The van der Waals surface area contributed by atoms with E-state index < -0.39 is 17.6 Å². The van der Waals surface area contributed by atoms with Crippen LogP contribution in [0, 0.1) is 11.3 Å². The number of hydrogen-bond acceptors (Lipinski definition) is 4. The summed E-state index contributed by atoms with van der Waals surface area (Å²) in [4.78, 5) is 12.1. The van der Waals surface area contributed by atoms with Crippen LogP contribution in [0.3, 0.4) is 0 Å². The molecule has 1 amide bonds. The van der Waals surface area contributed by atoms with Gasteiger partial charge in [-0.15, -0.1) is 0 Å². The van der Waals surface area contributed by atoms with Crippen molar-refractivity contribution in [3.05, 3.63) is 71.4 Å². The highest BCUT2D eigenvalue weighted by molar-refractivity contribution is 6.06. The summed E-state index contributed by atoms with van der Waals surface area (Å²) in [5.74, 6) is -0.0478. The summed E-state index contributed by atoms with van der Waals surface area (Å²) >= 11 is 0. The Balaban J connectivity index is 1.92. The van der Waals surface area contributed by atoms with E-state index in [1.54, 1.807) is 13.2 Å². The largest absolute Gasteiger partial charge is 0.497 e. The van der Waals surface area contributed by atoms with Crippen LogP contribution >= 0.6 is 0 Å². The third kappa shape index (κ3) is 6.06. The number of nitrogens with one attached hydrogen (secondary N) is 2. The van der Waals surface area contributed by atoms with E-state index in [1.807, 2.05) is 24.3 Å². The van der Waals surface area contributed by atoms with E-state index in [0.717, 1.165) is 23.4 Å². The maximum atomic E-state index is 12.7. The Morgan fingerprint density at radius 1 is 1.21 bits per heavy atom. The van der Waals surface area contributed by atoms with Gasteiger partial charge in [-0.25, -0.2) is 0 Å². The van der Waals surface area contributed by atoms with Crippen molar-refractivity contribution in [1.29, 1.82) is 5.26 Å². The van der Waals surface area contributed by atoms with Crippen molar-refractivity contribution in [3.8, 4) is 11.8 Å². The van der Waals surface area contributed by atoms with Gasteiger partial charge in [0.25, 0.3) is 5.91 Å². The number of carbonyl (C=O) groups excluding carboxylic acids is 1. The number of rotatable bonds is 7. The van der Waals surface area contributed by atoms with E-state index in [4.69, 9.17) is 10.00 Å². The average Bonchev–Trinajstić information content (AvgIpc) is 2.68. The first-order valence-corrected chi connectivity index (χ1v) is 8.28. The molecule has 0 atom stereocenters. The summed E-state index contributed by atoms with van der Waals surface area (Å²) in [6, 6.07) is 13.4. The number of carbonyl (C=O) groups is 1. The molecule has 0 heterocycles. The number of halogens is 3. The second kappa shape index (κ2) is 9.46. The first-order valence-electron chi connectivity index (χ1n) is 8.28. The molecule has 146 valence electrons. The smallest absolute Gasteiger partial charge is 0.416 e. The predicted molar refractivity (Wildman–Crippen MR) is 98.5 cm³/mol. The van der Waals surface area contributed by atoms with Crippen LogP contribution in [0.2, 0.25) is 0 Å². The lowest BCUT2D eigenvalue weighted by Crippen LogP contribution is -2.18. The molecule has 0 saturated heterocycles. The minimum absolute atomic E-state index is 0.0424. The van der Waals surface area contributed by atoms with E-state index in [1.165, 1.54) is 18.3 Å². The first-order chi connectivity index (χ1) is 13.3. The fourth-order valence-corrected chi connectivity index (χ4v) is 2.30. The third-order valence-electron chi connectivity index (χ3n) is 3.78. The molecule has 0 unspecified atom stereocenters. The summed E-state index contributed by atoms with van der Waals surface area (Å²) in [5.41, 5.74) is -0.134. The zero-order valence-electron chi connectivity index (χ0n) is 15.0. The van der Waals surface area contributed by atoms with E-state index in [9.17, 15) is 18.0 Å². The summed E-state index contributed by atoms with van der Waals surface area (Å²) in [7, 11) is 1.58. The zero-order valence-corrected chi connectivity index (χ0v) is 15.0. The molecule has 2 N–H and O–H groups in total. The Hall–Kier alpha value is -3.47. The van der Waals surface area contributed by atoms with Gasteiger partial charge < -0.3 is 15.4 Å². The van der Waals surface area contributed by atoms with E-state index in [-0.39, 0.29) is 11.3 Å². The summed E-state index contributed by atoms with van der Waals surface area (Å²) in [6.45, 7) is 0.467. The van der Waals surface area contributed by atoms with Crippen LogP contribution in [0.1, 0.15) is 11.1 Å². The lowest BCUT2D eigenvalue weighted by molar-refractivity contribution is -0.137. The van der Waals surface area contributed by atoms with E-state index in [2.05, 4.69) is 10.6 Å². The Morgan fingerprint density at radius 2 is 1.93 bits per heavy atom. The molecule has 0 radical (unpaired) electrons. The standard InChI is InChI=1S/C20H18F3N3O2/c1-28-18-7-5-14(6-8-18)9-10-25-13-15(12-24)19(27)26-17-4-2-3-16(11-17)20(21,22)23/h2-8,11,13,25H,9-10H2,1H3,(H,26,27)/b15-13-. The lowest BCUT2D eigenvalue weighted by Gasteiger charge is -2.09. The second-order valence-electron chi connectivity index (χ2n) is 5.75. The number of nitrogens with zero attached hydrogens (tertiary/aromatic N) is 1. The molecule has 5 nitrogen and oxygen atoms in total. The summed E-state index contributed by atoms with van der Waals surface area (Å²) < 4.78 is 43.2. The molecular weight excluding hydrogens is 371 g/mol. The molecule has 2 rings (SSSR count). The van der Waals surface area contributed by atoms with Gasteiger partial charge in [0.15, 0.2) is 0 Å². The Morgan fingerprint density at radius 3 is 2.54 bits per heavy atom. The molecule has 0 fully saturated rings. The molecule has 0 spiro atoms. The van der Waals surface area contributed by atoms with Crippen LogP contribution < -0.4 is 15.4 Å². The summed E-state index contributed by atoms with van der Waals surface area (Å²) in [6.07, 6.45) is -2.63. The number of anilines is 1. The summed E-state index contributed by atoms with van der Waals surface area (Å²) in [5, 5.41) is 14.3. The van der Waals surface area contributed by atoms with Gasteiger partial charge in [-0.1, -0.05) is 18.2 Å². The quantitative estimate of drug-likeness (QED) is 0.428. The molecule has 0 aliphatic heterocycles.